The molecule has 2 N–H and O–H groups in total. The lowest BCUT2D eigenvalue weighted by Gasteiger charge is -2.26. The summed E-state index contributed by atoms with van der Waals surface area (Å²) in [4.78, 5) is 2.46. The first kappa shape index (κ1) is 12.7. The van der Waals surface area contributed by atoms with E-state index in [2.05, 4.69) is 4.90 Å². The molecule has 1 fully saturated rings. The average Bonchev–Trinajstić information content (AvgIpc) is 2.40. The quantitative estimate of drug-likeness (QED) is 0.863. The van der Waals surface area contributed by atoms with E-state index in [4.69, 9.17) is 10.5 Å². The Kier molecular flexibility index (Phi) is 5.16. The van der Waals surface area contributed by atoms with Gasteiger partial charge in [0.2, 0.25) is 0 Å². The fourth-order valence-corrected chi connectivity index (χ4v) is 2.90. The molecule has 1 heterocycles. The van der Waals surface area contributed by atoms with Crippen molar-refractivity contribution in [1.82, 2.24) is 4.90 Å². The second kappa shape index (κ2) is 6.89. The van der Waals surface area contributed by atoms with Crippen LogP contribution in [-0.4, -0.2) is 42.6 Å². The van der Waals surface area contributed by atoms with E-state index in [-0.39, 0.29) is 0 Å². The van der Waals surface area contributed by atoms with Crippen LogP contribution >= 0.6 is 11.8 Å². The molecule has 0 unspecified atom stereocenters. The SMILES string of the molecule is NCc1ccccc1OCCN1CCSCC1. The highest BCUT2D eigenvalue weighted by molar-refractivity contribution is 7.99. The summed E-state index contributed by atoms with van der Waals surface area (Å²) in [6.45, 7) is 4.68. The highest BCUT2D eigenvalue weighted by Crippen LogP contribution is 2.17. The van der Waals surface area contributed by atoms with Crippen molar-refractivity contribution in [1.29, 1.82) is 0 Å². The summed E-state index contributed by atoms with van der Waals surface area (Å²) in [5, 5.41) is 0. The molecule has 0 aliphatic carbocycles. The largest absolute Gasteiger partial charge is 0.492 e. The summed E-state index contributed by atoms with van der Waals surface area (Å²) in [5.41, 5.74) is 6.76. The number of nitrogens with zero attached hydrogens (tertiary/aromatic N) is 1. The minimum absolute atomic E-state index is 0.538. The van der Waals surface area contributed by atoms with Gasteiger partial charge in [-0.15, -0.1) is 0 Å². The zero-order chi connectivity index (χ0) is 11.9. The Morgan fingerprint density at radius 1 is 1.24 bits per heavy atom. The number of ether oxygens (including phenoxy) is 1. The summed E-state index contributed by atoms with van der Waals surface area (Å²) in [5.74, 6) is 3.43. The third-order valence-electron chi connectivity index (χ3n) is 2.96. The smallest absolute Gasteiger partial charge is 0.123 e. The Bertz CT molecular complexity index is 340. The van der Waals surface area contributed by atoms with Crippen LogP contribution in [0.3, 0.4) is 0 Å². The van der Waals surface area contributed by atoms with Crippen LogP contribution < -0.4 is 10.5 Å². The molecular weight excluding hydrogens is 232 g/mol. The summed E-state index contributed by atoms with van der Waals surface area (Å²) >= 11 is 2.04. The van der Waals surface area contributed by atoms with E-state index < -0.39 is 0 Å². The maximum absolute atomic E-state index is 5.80. The van der Waals surface area contributed by atoms with E-state index in [1.165, 1.54) is 24.6 Å². The fourth-order valence-electron chi connectivity index (χ4n) is 1.92. The maximum Gasteiger partial charge on any atom is 0.123 e. The van der Waals surface area contributed by atoms with Gasteiger partial charge in [0.05, 0.1) is 0 Å². The molecule has 17 heavy (non-hydrogen) atoms. The molecule has 0 saturated carbocycles. The van der Waals surface area contributed by atoms with Gasteiger partial charge in [0, 0.05) is 43.2 Å². The number of rotatable bonds is 5. The molecule has 3 nitrogen and oxygen atoms in total. The molecule has 0 bridgehead atoms. The molecular formula is C13H20N2OS. The second-order valence-electron chi connectivity index (χ2n) is 4.11. The van der Waals surface area contributed by atoms with Crippen molar-refractivity contribution in [2.75, 3.05) is 37.7 Å². The number of nitrogens with two attached hydrogens (primary N) is 1. The Hall–Kier alpha value is -0.710. The van der Waals surface area contributed by atoms with Gasteiger partial charge in [-0.05, 0) is 6.07 Å². The first-order valence-corrected chi connectivity index (χ1v) is 7.26. The average molecular weight is 252 g/mol. The lowest BCUT2D eigenvalue weighted by molar-refractivity contribution is 0.221. The number of hydrogen-bond donors (Lipinski definition) is 1. The molecule has 0 aromatic heterocycles. The van der Waals surface area contributed by atoms with Crippen LogP contribution in [0.5, 0.6) is 5.75 Å². The van der Waals surface area contributed by atoms with Gasteiger partial charge in [0.1, 0.15) is 12.4 Å². The number of thioether (sulfide) groups is 1. The highest BCUT2D eigenvalue weighted by atomic mass is 32.2. The fraction of sp³-hybridized carbons (Fsp3) is 0.538. The van der Waals surface area contributed by atoms with Gasteiger partial charge in [-0.1, -0.05) is 18.2 Å². The molecule has 0 spiro atoms. The Labute approximate surface area is 107 Å². The van der Waals surface area contributed by atoms with Crippen molar-refractivity contribution in [2.45, 2.75) is 6.54 Å². The van der Waals surface area contributed by atoms with E-state index in [0.717, 1.165) is 24.5 Å². The van der Waals surface area contributed by atoms with Crippen LogP contribution in [-0.2, 0) is 6.54 Å². The van der Waals surface area contributed by atoms with Crippen molar-refractivity contribution in [3.63, 3.8) is 0 Å². The minimum atomic E-state index is 0.538. The molecule has 0 amide bonds. The second-order valence-corrected chi connectivity index (χ2v) is 5.34. The zero-order valence-electron chi connectivity index (χ0n) is 10.1. The Balaban J connectivity index is 1.77. The van der Waals surface area contributed by atoms with Crippen molar-refractivity contribution in [2.24, 2.45) is 5.73 Å². The van der Waals surface area contributed by atoms with Gasteiger partial charge in [0.25, 0.3) is 0 Å². The monoisotopic (exact) mass is 252 g/mol. The van der Waals surface area contributed by atoms with Crippen molar-refractivity contribution in [3.8, 4) is 5.75 Å². The standard InChI is InChI=1S/C13H20N2OS/c14-11-12-3-1-2-4-13(12)16-8-5-15-6-9-17-10-7-15/h1-4H,5-11,14H2. The van der Waals surface area contributed by atoms with Crippen LogP contribution in [0.4, 0.5) is 0 Å². The highest BCUT2D eigenvalue weighted by Gasteiger charge is 2.10. The molecule has 1 aliphatic rings. The van der Waals surface area contributed by atoms with Crippen molar-refractivity contribution >= 4 is 11.8 Å². The molecule has 1 aromatic carbocycles. The molecule has 1 aromatic rings. The summed E-state index contributed by atoms with van der Waals surface area (Å²) in [6.07, 6.45) is 0. The third-order valence-corrected chi connectivity index (χ3v) is 3.90. The lowest BCUT2D eigenvalue weighted by atomic mass is 10.2. The number of para-hydroxylation sites is 1. The van der Waals surface area contributed by atoms with E-state index in [1.807, 2.05) is 36.0 Å². The molecule has 94 valence electrons. The van der Waals surface area contributed by atoms with E-state index >= 15 is 0 Å². The van der Waals surface area contributed by atoms with E-state index in [1.54, 1.807) is 0 Å². The van der Waals surface area contributed by atoms with Gasteiger partial charge in [-0.2, -0.15) is 11.8 Å². The van der Waals surface area contributed by atoms with Crippen LogP contribution in [0, 0.1) is 0 Å². The topological polar surface area (TPSA) is 38.5 Å². The third kappa shape index (κ3) is 3.91. The summed E-state index contributed by atoms with van der Waals surface area (Å²) < 4.78 is 5.80. The minimum Gasteiger partial charge on any atom is -0.492 e. The molecule has 0 atom stereocenters. The summed E-state index contributed by atoms with van der Waals surface area (Å²) in [6, 6.07) is 8.00. The molecule has 1 aliphatic heterocycles. The predicted molar refractivity (Wildman–Crippen MR) is 73.6 cm³/mol. The maximum atomic E-state index is 5.80. The predicted octanol–water partition coefficient (Wildman–Crippen LogP) is 1.57. The molecule has 4 heteroatoms. The summed E-state index contributed by atoms with van der Waals surface area (Å²) in [7, 11) is 0. The molecule has 2 rings (SSSR count). The van der Waals surface area contributed by atoms with Crippen LogP contribution in [0.25, 0.3) is 0 Å². The van der Waals surface area contributed by atoms with Crippen LogP contribution in [0.15, 0.2) is 24.3 Å². The van der Waals surface area contributed by atoms with Crippen molar-refractivity contribution < 1.29 is 4.74 Å². The van der Waals surface area contributed by atoms with Gasteiger partial charge >= 0.3 is 0 Å². The lowest BCUT2D eigenvalue weighted by Crippen LogP contribution is -2.35. The normalized spacial score (nSPS) is 17.0. The Morgan fingerprint density at radius 2 is 2.00 bits per heavy atom. The van der Waals surface area contributed by atoms with Gasteiger partial charge in [-0.25, -0.2) is 0 Å². The number of hydrogen-bond acceptors (Lipinski definition) is 4. The number of benzene rings is 1. The van der Waals surface area contributed by atoms with Crippen LogP contribution in [0.1, 0.15) is 5.56 Å². The zero-order valence-corrected chi connectivity index (χ0v) is 10.9. The Morgan fingerprint density at radius 3 is 2.76 bits per heavy atom. The van der Waals surface area contributed by atoms with E-state index in [9.17, 15) is 0 Å². The first-order valence-electron chi connectivity index (χ1n) is 6.11. The first-order chi connectivity index (χ1) is 8.40. The molecule has 0 radical (unpaired) electrons. The van der Waals surface area contributed by atoms with Gasteiger partial charge in [-0.3, -0.25) is 4.90 Å². The van der Waals surface area contributed by atoms with Gasteiger partial charge < -0.3 is 10.5 Å². The van der Waals surface area contributed by atoms with Crippen LogP contribution in [0.2, 0.25) is 0 Å². The van der Waals surface area contributed by atoms with Gasteiger partial charge in [0.15, 0.2) is 0 Å². The molecule has 1 saturated heterocycles. The van der Waals surface area contributed by atoms with E-state index in [0.29, 0.717) is 6.54 Å². The van der Waals surface area contributed by atoms with Crippen molar-refractivity contribution in [3.05, 3.63) is 29.8 Å².